The molecule has 106 valence electrons. The molecule has 0 saturated carbocycles. The van der Waals surface area contributed by atoms with Crippen LogP contribution in [0, 0.1) is 0 Å². The molecule has 0 aliphatic heterocycles. The molecule has 0 aromatic heterocycles. The van der Waals surface area contributed by atoms with Crippen molar-refractivity contribution in [1.29, 1.82) is 0 Å². The largest absolute Gasteiger partial charge is 0.491 e. The number of hydrogen-bond donors (Lipinski definition) is 1. The van der Waals surface area contributed by atoms with Crippen molar-refractivity contribution < 1.29 is 22.1 Å². The molecule has 1 aromatic carbocycles. The lowest BCUT2D eigenvalue weighted by atomic mass is 10.2. The van der Waals surface area contributed by atoms with E-state index in [2.05, 4.69) is 25.4 Å². The molecule has 0 atom stereocenters. The Morgan fingerprint density at radius 2 is 2.00 bits per heavy atom. The van der Waals surface area contributed by atoms with Gasteiger partial charge in [-0.05, 0) is 18.2 Å². The fourth-order valence-electron chi connectivity index (χ4n) is 1.27. The lowest BCUT2D eigenvalue weighted by molar-refractivity contribution is 0.0962. The molecule has 1 aromatic rings. The van der Waals surface area contributed by atoms with Gasteiger partial charge in [0.15, 0.2) is 0 Å². The summed E-state index contributed by atoms with van der Waals surface area (Å²) in [6, 6.07) is 4.88. The first-order valence-electron chi connectivity index (χ1n) is 5.31. The molecule has 0 spiro atoms. The molecular weight excluding hydrogens is 338 g/mol. The molecule has 0 aliphatic carbocycles. The number of carbonyl (C=O) groups is 1. The minimum atomic E-state index is -3.47. The number of nitrogens with one attached hydrogen (secondary N) is 1. The van der Waals surface area contributed by atoms with E-state index in [1.807, 2.05) is 0 Å². The molecule has 0 aliphatic rings. The molecule has 0 heterocycles. The van der Waals surface area contributed by atoms with Gasteiger partial charge < -0.3 is 10.1 Å². The maximum absolute atomic E-state index is 11.5. The smallest absolute Gasteiger partial charge is 0.264 e. The molecule has 8 heteroatoms. The minimum Gasteiger partial charge on any atom is -0.491 e. The van der Waals surface area contributed by atoms with Gasteiger partial charge in [0.2, 0.25) is 0 Å². The van der Waals surface area contributed by atoms with Crippen molar-refractivity contribution in [3.8, 4) is 5.75 Å². The summed E-state index contributed by atoms with van der Waals surface area (Å²) in [6.07, 6.45) is 0.968. The highest BCUT2D eigenvalue weighted by Crippen LogP contribution is 2.21. The van der Waals surface area contributed by atoms with Gasteiger partial charge in [0, 0.05) is 17.1 Å². The summed E-state index contributed by atoms with van der Waals surface area (Å²) in [5.41, 5.74) is 0.441. The highest BCUT2D eigenvalue weighted by molar-refractivity contribution is 9.10. The third-order valence-corrected chi connectivity index (χ3v) is 3.06. The topological polar surface area (TPSA) is 81.7 Å². The Kier molecular flexibility index (Phi) is 5.77. The van der Waals surface area contributed by atoms with Crippen molar-refractivity contribution in [3.05, 3.63) is 28.2 Å². The van der Waals surface area contributed by atoms with Crippen LogP contribution in [-0.2, 0) is 14.3 Å². The molecular formula is C11H14BrNO5S. The maximum atomic E-state index is 11.5. The van der Waals surface area contributed by atoms with Crippen LogP contribution in [0.1, 0.15) is 10.4 Å². The second-order valence-electron chi connectivity index (χ2n) is 3.63. The Labute approximate surface area is 120 Å². The molecule has 1 amide bonds. The van der Waals surface area contributed by atoms with E-state index in [0.717, 1.165) is 6.26 Å². The second-order valence-corrected chi connectivity index (χ2v) is 6.19. The highest BCUT2D eigenvalue weighted by Gasteiger charge is 2.07. The maximum Gasteiger partial charge on any atom is 0.264 e. The third kappa shape index (κ3) is 6.04. The molecule has 0 bridgehead atoms. The zero-order chi connectivity index (χ0) is 14.5. The molecule has 0 radical (unpaired) electrons. The number of rotatable bonds is 6. The Balaban J connectivity index is 2.63. The lowest BCUT2D eigenvalue weighted by Gasteiger charge is -2.08. The normalized spacial score (nSPS) is 11.1. The van der Waals surface area contributed by atoms with Crippen LogP contribution in [-0.4, -0.2) is 40.8 Å². The first-order chi connectivity index (χ1) is 8.81. The first-order valence-corrected chi connectivity index (χ1v) is 7.92. The Bertz CT molecular complexity index is 558. The predicted octanol–water partition coefficient (Wildman–Crippen LogP) is 1.16. The summed E-state index contributed by atoms with van der Waals surface area (Å²) >= 11 is 3.26. The van der Waals surface area contributed by atoms with E-state index in [-0.39, 0.29) is 19.1 Å². The van der Waals surface area contributed by atoms with Gasteiger partial charge in [-0.2, -0.15) is 8.42 Å². The quantitative estimate of drug-likeness (QED) is 0.614. The van der Waals surface area contributed by atoms with Crippen molar-refractivity contribution >= 4 is 32.0 Å². The molecule has 19 heavy (non-hydrogen) atoms. The molecule has 0 saturated heterocycles. The van der Waals surface area contributed by atoms with E-state index in [1.165, 1.54) is 7.05 Å². The zero-order valence-electron chi connectivity index (χ0n) is 10.5. The Hall–Kier alpha value is -1.12. The molecule has 0 unspecified atom stereocenters. The molecule has 0 fully saturated rings. The molecule has 1 rings (SSSR count). The van der Waals surface area contributed by atoms with Crippen LogP contribution in [0.4, 0.5) is 0 Å². The number of hydrogen-bond acceptors (Lipinski definition) is 5. The van der Waals surface area contributed by atoms with E-state index in [1.54, 1.807) is 18.2 Å². The first kappa shape index (κ1) is 15.9. The van der Waals surface area contributed by atoms with Gasteiger partial charge >= 0.3 is 0 Å². The summed E-state index contributed by atoms with van der Waals surface area (Å²) in [7, 11) is -1.93. The number of ether oxygens (including phenoxy) is 1. The minimum absolute atomic E-state index is 0.0662. The van der Waals surface area contributed by atoms with Crippen molar-refractivity contribution in [2.24, 2.45) is 0 Å². The number of benzene rings is 1. The van der Waals surface area contributed by atoms with Gasteiger partial charge in [-0.3, -0.25) is 8.98 Å². The van der Waals surface area contributed by atoms with Crippen LogP contribution in [0.3, 0.4) is 0 Å². The summed E-state index contributed by atoms with van der Waals surface area (Å²) in [4.78, 5) is 11.5. The van der Waals surface area contributed by atoms with Crippen molar-refractivity contribution in [2.75, 3.05) is 26.5 Å². The number of amides is 1. The van der Waals surface area contributed by atoms with Crippen molar-refractivity contribution in [2.45, 2.75) is 0 Å². The van der Waals surface area contributed by atoms with Crippen LogP contribution < -0.4 is 10.1 Å². The van der Waals surface area contributed by atoms with E-state index < -0.39 is 10.1 Å². The van der Waals surface area contributed by atoms with Crippen LogP contribution in [0.2, 0.25) is 0 Å². The van der Waals surface area contributed by atoms with Gasteiger partial charge in [-0.1, -0.05) is 15.9 Å². The number of carbonyl (C=O) groups excluding carboxylic acids is 1. The SMILES string of the molecule is CNC(=O)c1cc(Br)cc(OCCOS(C)(=O)=O)c1. The lowest BCUT2D eigenvalue weighted by Crippen LogP contribution is -2.18. The highest BCUT2D eigenvalue weighted by atomic mass is 79.9. The third-order valence-electron chi connectivity index (χ3n) is 2.01. The van der Waals surface area contributed by atoms with Crippen LogP contribution in [0.25, 0.3) is 0 Å². The van der Waals surface area contributed by atoms with Crippen LogP contribution in [0.5, 0.6) is 5.75 Å². The fraction of sp³-hybridized carbons (Fsp3) is 0.364. The monoisotopic (exact) mass is 351 g/mol. The van der Waals surface area contributed by atoms with Gasteiger partial charge in [0.05, 0.1) is 6.26 Å². The Morgan fingerprint density at radius 3 is 2.58 bits per heavy atom. The van der Waals surface area contributed by atoms with Gasteiger partial charge in [0.1, 0.15) is 19.0 Å². The van der Waals surface area contributed by atoms with Crippen LogP contribution >= 0.6 is 15.9 Å². The van der Waals surface area contributed by atoms with Crippen molar-refractivity contribution in [3.63, 3.8) is 0 Å². The fourth-order valence-corrected chi connectivity index (χ4v) is 2.11. The summed E-state index contributed by atoms with van der Waals surface area (Å²) in [6.45, 7) is -0.0165. The predicted molar refractivity (Wildman–Crippen MR) is 73.8 cm³/mol. The van der Waals surface area contributed by atoms with E-state index in [9.17, 15) is 13.2 Å². The second kappa shape index (κ2) is 6.88. The van der Waals surface area contributed by atoms with Gasteiger partial charge in [0.25, 0.3) is 16.0 Å². The van der Waals surface area contributed by atoms with Crippen LogP contribution in [0.15, 0.2) is 22.7 Å². The summed E-state index contributed by atoms with van der Waals surface area (Å²) in [5.74, 6) is 0.212. The average Bonchev–Trinajstić information content (AvgIpc) is 2.32. The molecule has 1 N–H and O–H groups in total. The standard InChI is InChI=1S/C11H14BrNO5S/c1-13-11(14)8-5-9(12)7-10(6-8)17-3-4-18-19(2,15)16/h5-7H,3-4H2,1-2H3,(H,13,14). The Morgan fingerprint density at radius 1 is 1.32 bits per heavy atom. The number of halogens is 1. The van der Waals surface area contributed by atoms with Gasteiger partial charge in [-0.25, -0.2) is 0 Å². The molecule has 6 nitrogen and oxygen atoms in total. The van der Waals surface area contributed by atoms with E-state index in [4.69, 9.17) is 4.74 Å². The van der Waals surface area contributed by atoms with E-state index >= 15 is 0 Å². The van der Waals surface area contributed by atoms with Gasteiger partial charge in [-0.15, -0.1) is 0 Å². The van der Waals surface area contributed by atoms with E-state index in [0.29, 0.717) is 15.8 Å². The summed E-state index contributed by atoms with van der Waals surface area (Å²) in [5, 5.41) is 2.50. The average molecular weight is 352 g/mol. The zero-order valence-corrected chi connectivity index (χ0v) is 12.9. The van der Waals surface area contributed by atoms with Crippen molar-refractivity contribution in [1.82, 2.24) is 5.32 Å². The summed E-state index contributed by atoms with van der Waals surface area (Å²) < 4.78 is 32.0.